The van der Waals surface area contributed by atoms with Gasteiger partial charge in [-0.3, -0.25) is 0 Å². The highest BCUT2D eigenvalue weighted by Crippen LogP contribution is 2.50. The van der Waals surface area contributed by atoms with Gasteiger partial charge in [0.05, 0.1) is 5.56 Å². The number of benzene rings is 7. The molecule has 0 bridgehead atoms. The Hall–Kier alpha value is -6.26. The van der Waals surface area contributed by atoms with Gasteiger partial charge >= 0.3 is 6.18 Å². The number of hydrogen-bond acceptors (Lipinski definition) is 0. The lowest BCUT2D eigenvalue weighted by Gasteiger charge is -2.27. The van der Waals surface area contributed by atoms with Crippen LogP contribution < -0.4 is 0 Å². The van der Waals surface area contributed by atoms with E-state index in [1.165, 1.54) is 30.2 Å². The van der Waals surface area contributed by atoms with E-state index >= 15 is 0 Å². The van der Waals surface area contributed by atoms with Gasteiger partial charge in [0.25, 0.3) is 0 Å². The fourth-order valence-electron chi connectivity index (χ4n) is 7.77. The van der Waals surface area contributed by atoms with Crippen molar-refractivity contribution < 1.29 is 17.6 Å². The smallest absolute Gasteiger partial charge is 0.207 e. The topological polar surface area (TPSA) is 0 Å². The second kappa shape index (κ2) is 14.9. The third-order valence-corrected chi connectivity index (χ3v) is 10.6. The molecule has 0 amide bonds. The first-order valence-electron chi connectivity index (χ1n) is 18.5. The zero-order chi connectivity index (χ0) is 38.1. The summed E-state index contributed by atoms with van der Waals surface area (Å²) in [5.74, 6) is -0.203. The summed E-state index contributed by atoms with van der Waals surface area (Å²) in [6, 6.07) is 51.3. The summed E-state index contributed by atoms with van der Waals surface area (Å²) < 4.78 is 55.8. The van der Waals surface area contributed by atoms with Gasteiger partial charge in [-0.2, -0.15) is 13.2 Å². The van der Waals surface area contributed by atoms with Gasteiger partial charge in [-0.25, -0.2) is 4.39 Å². The Morgan fingerprint density at radius 3 is 1.47 bits per heavy atom. The molecule has 270 valence electrons. The first kappa shape index (κ1) is 35.8. The van der Waals surface area contributed by atoms with Crippen molar-refractivity contribution in [3.63, 3.8) is 0 Å². The minimum Gasteiger partial charge on any atom is -0.207 e. The molecule has 0 radical (unpaired) electrons. The van der Waals surface area contributed by atoms with Gasteiger partial charge in [-0.1, -0.05) is 146 Å². The van der Waals surface area contributed by atoms with E-state index in [0.29, 0.717) is 16.7 Å². The molecule has 7 aromatic rings. The third-order valence-electron chi connectivity index (χ3n) is 10.6. The van der Waals surface area contributed by atoms with Crippen LogP contribution in [0.5, 0.6) is 0 Å². The second-order valence-corrected chi connectivity index (χ2v) is 14.1. The van der Waals surface area contributed by atoms with Gasteiger partial charge in [-0.15, -0.1) is 0 Å². The number of hydrogen-bond donors (Lipinski definition) is 0. The van der Waals surface area contributed by atoms with Crippen molar-refractivity contribution in [3.05, 3.63) is 204 Å². The van der Waals surface area contributed by atoms with E-state index < -0.39 is 11.7 Å². The molecule has 7 aromatic carbocycles. The summed E-state index contributed by atoms with van der Waals surface area (Å²) in [5.41, 5.74) is 14.5. The maximum atomic E-state index is 14.2. The van der Waals surface area contributed by atoms with Crippen LogP contribution in [0.2, 0.25) is 0 Å². The molecule has 0 N–H and O–H groups in total. The molecular formula is C51H38F4. The molecule has 0 unspecified atom stereocenters. The largest absolute Gasteiger partial charge is 0.416 e. The first-order valence-corrected chi connectivity index (χ1v) is 18.5. The lowest BCUT2D eigenvalue weighted by Crippen LogP contribution is -2.07. The molecule has 0 nitrogen and oxygen atoms in total. The molecule has 0 spiro atoms. The third kappa shape index (κ3) is 7.20. The average Bonchev–Trinajstić information content (AvgIpc) is 3.22. The normalized spacial score (nSPS) is 13.0. The van der Waals surface area contributed by atoms with Crippen molar-refractivity contribution in [3.8, 4) is 55.6 Å². The van der Waals surface area contributed by atoms with Crippen molar-refractivity contribution in [2.45, 2.75) is 32.9 Å². The Bertz CT molecular complexity index is 2560. The number of halogens is 4. The zero-order valence-electron chi connectivity index (χ0n) is 30.6. The minimum absolute atomic E-state index is 0.202. The molecule has 55 heavy (non-hydrogen) atoms. The van der Waals surface area contributed by atoms with Crippen molar-refractivity contribution in [1.82, 2.24) is 0 Å². The standard InChI is InChI=1S/C51H38F4/c1-33-18-19-43(31-46(33)51(53,54)55)36-20-24-38(25-21-36)45-32-44(37-12-6-3-7-13-37)49(41-26-22-35(23-27-41)42-28-29-47(52)34(2)30-42)50(40-16-10-5-11-17-40)48(45)39-14-8-4-9-15-39/h3-22,24-26,28-32H,23,27H2,1-2H3. The predicted molar refractivity (Wildman–Crippen MR) is 220 cm³/mol. The van der Waals surface area contributed by atoms with Gasteiger partial charge in [0.2, 0.25) is 0 Å². The monoisotopic (exact) mass is 726 g/mol. The molecule has 0 heterocycles. The van der Waals surface area contributed by atoms with Crippen LogP contribution >= 0.6 is 0 Å². The molecule has 1 aliphatic rings. The van der Waals surface area contributed by atoms with Gasteiger partial charge in [-0.05, 0) is 140 Å². The van der Waals surface area contributed by atoms with Crippen LogP contribution in [0.25, 0.3) is 66.8 Å². The Kier molecular flexibility index (Phi) is 9.67. The van der Waals surface area contributed by atoms with Crippen molar-refractivity contribution >= 4 is 11.1 Å². The van der Waals surface area contributed by atoms with E-state index in [0.717, 1.165) is 68.5 Å². The minimum atomic E-state index is -4.43. The van der Waals surface area contributed by atoms with Crippen LogP contribution in [0.1, 0.15) is 40.7 Å². The zero-order valence-corrected chi connectivity index (χ0v) is 30.6. The van der Waals surface area contributed by atoms with Crippen LogP contribution in [-0.4, -0.2) is 0 Å². The van der Waals surface area contributed by atoms with Crippen molar-refractivity contribution in [2.24, 2.45) is 0 Å². The maximum Gasteiger partial charge on any atom is 0.416 e. The number of aryl methyl sites for hydroxylation is 2. The van der Waals surface area contributed by atoms with Crippen LogP contribution in [0.3, 0.4) is 0 Å². The van der Waals surface area contributed by atoms with Gasteiger partial charge < -0.3 is 0 Å². The molecule has 1 aliphatic carbocycles. The second-order valence-electron chi connectivity index (χ2n) is 14.1. The highest BCUT2D eigenvalue weighted by molar-refractivity contribution is 6.05. The lowest BCUT2D eigenvalue weighted by atomic mass is 9.76. The molecule has 0 fully saturated rings. The molecule has 0 atom stereocenters. The van der Waals surface area contributed by atoms with E-state index in [-0.39, 0.29) is 11.4 Å². The molecule has 0 saturated carbocycles. The highest BCUT2D eigenvalue weighted by atomic mass is 19.4. The SMILES string of the molecule is Cc1cc(C2=CC=C(c3c(-c4ccccc4)cc(-c4ccc(-c5ccc(C)c(C(F)(F)F)c5)cc4)c(-c4ccccc4)c3-c3ccccc3)CC2)ccc1F. The predicted octanol–water partition coefficient (Wildman–Crippen LogP) is 15.1. The van der Waals surface area contributed by atoms with Crippen LogP contribution in [0.15, 0.2) is 170 Å². The van der Waals surface area contributed by atoms with E-state index in [1.807, 2.05) is 54.6 Å². The van der Waals surface area contributed by atoms with Crippen LogP contribution in [0, 0.1) is 19.7 Å². The Balaban J connectivity index is 1.38. The summed E-state index contributed by atoms with van der Waals surface area (Å²) in [7, 11) is 0. The lowest BCUT2D eigenvalue weighted by molar-refractivity contribution is -0.138. The summed E-state index contributed by atoms with van der Waals surface area (Å²) in [6.07, 6.45) is 1.57. The van der Waals surface area contributed by atoms with E-state index in [9.17, 15) is 17.6 Å². The Morgan fingerprint density at radius 1 is 0.400 bits per heavy atom. The van der Waals surface area contributed by atoms with Crippen LogP contribution in [0.4, 0.5) is 17.6 Å². The van der Waals surface area contributed by atoms with Gasteiger partial charge in [0.1, 0.15) is 5.82 Å². The molecule has 8 rings (SSSR count). The average molecular weight is 727 g/mol. The molecule has 0 saturated heterocycles. The number of alkyl halides is 3. The molecule has 0 aromatic heterocycles. The first-order chi connectivity index (χ1) is 26.7. The summed E-state index contributed by atoms with van der Waals surface area (Å²) in [4.78, 5) is 0. The van der Waals surface area contributed by atoms with E-state index in [2.05, 4.69) is 91.0 Å². The fraction of sp³-hybridized carbons (Fsp3) is 0.0980. The maximum absolute atomic E-state index is 14.2. The summed E-state index contributed by atoms with van der Waals surface area (Å²) >= 11 is 0. The highest BCUT2D eigenvalue weighted by Gasteiger charge is 2.32. The quantitative estimate of drug-likeness (QED) is 0.144. The Morgan fingerprint density at radius 2 is 0.891 bits per heavy atom. The van der Waals surface area contributed by atoms with Crippen molar-refractivity contribution in [1.29, 1.82) is 0 Å². The van der Waals surface area contributed by atoms with Gasteiger partial charge in [0.15, 0.2) is 0 Å². The van der Waals surface area contributed by atoms with E-state index in [4.69, 9.17) is 0 Å². The van der Waals surface area contributed by atoms with Crippen molar-refractivity contribution in [2.75, 3.05) is 0 Å². The van der Waals surface area contributed by atoms with Gasteiger partial charge in [0, 0.05) is 0 Å². The fourth-order valence-corrected chi connectivity index (χ4v) is 7.77. The summed E-state index contributed by atoms with van der Waals surface area (Å²) in [6.45, 7) is 3.29. The number of allylic oxidation sites excluding steroid dienone is 4. The summed E-state index contributed by atoms with van der Waals surface area (Å²) in [5, 5.41) is 0. The number of rotatable bonds is 7. The molecule has 4 heteroatoms. The Labute approximate surface area is 319 Å². The molecule has 0 aliphatic heterocycles. The van der Waals surface area contributed by atoms with Crippen LogP contribution in [-0.2, 0) is 6.18 Å². The molecular weight excluding hydrogens is 689 g/mol. The van der Waals surface area contributed by atoms with E-state index in [1.54, 1.807) is 19.1 Å².